The normalized spacial score (nSPS) is 9.56. The molecule has 4 heteroatoms. The molecule has 4 nitrogen and oxygen atoms in total. The van der Waals surface area contributed by atoms with E-state index < -0.39 is 0 Å². The van der Waals surface area contributed by atoms with Gasteiger partial charge in [-0.05, 0) is 23.8 Å². The van der Waals surface area contributed by atoms with Crippen molar-refractivity contribution in [2.45, 2.75) is 0 Å². The zero-order valence-electron chi connectivity index (χ0n) is 9.75. The van der Waals surface area contributed by atoms with Crippen LogP contribution in [0.5, 0.6) is 0 Å². The maximum absolute atomic E-state index is 11.3. The summed E-state index contributed by atoms with van der Waals surface area (Å²) >= 11 is 0. The van der Waals surface area contributed by atoms with Gasteiger partial charge in [0.25, 0.3) is 0 Å². The van der Waals surface area contributed by atoms with E-state index in [1.54, 1.807) is 36.5 Å². The Balaban J connectivity index is 2.41. The monoisotopic (exact) mass is 238 g/mol. The molecule has 0 fully saturated rings. The molecule has 0 spiro atoms. The molecule has 0 aliphatic rings. The van der Waals surface area contributed by atoms with Crippen LogP contribution in [-0.4, -0.2) is 18.1 Å². The van der Waals surface area contributed by atoms with Crippen LogP contribution in [0.15, 0.2) is 42.7 Å². The fraction of sp³-hybridized carbons (Fsp3) is 0.0714. The Morgan fingerprint density at radius 2 is 2.00 bits per heavy atom. The summed E-state index contributed by atoms with van der Waals surface area (Å²) in [6.07, 6.45) is 3.15. The molecule has 0 unspecified atom stereocenters. The average molecular weight is 238 g/mol. The number of methoxy groups -OCH3 is 1. The van der Waals surface area contributed by atoms with Crippen molar-refractivity contribution in [1.82, 2.24) is 4.98 Å². The number of benzene rings is 1. The Bertz CT molecular complexity index is 612. The minimum Gasteiger partial charge on any atom is -0.465 e. The van der Waals surface area contributed by atoms with Crippen LogP contribution >= 0.6 is 0 Å². The van der Waals surface area contributed by atoms with E-state index in [1.807, 2.05) is 0 Å². The standard InChI is InChI=1S/C14H10N2O2/c1-18-14(17)11-4-2-10(3-5-11)13-6-7-16-9-12(13)8-15/h2-7,9H,1H3. The number of pyridine rings is 1. The van der Waals surface area contributed by atoms with Crippen LogP contribution in [0.1, 0.15) is 15.9 Å². The minimum absolute atomic E-state index is 0.378. The number of nitrogens with zero attached hydrogens (tertiary/aromatic N) is 2. The Morgan fingerprint density at radius 1 is 1.28 bits per heavy atom. The van der Waals surface area contributed by atoms with Crippen LogP contribution in [0.25, 0.3) is 11.1 Å². The summed E-state index contributed by atoms with van der Waals surface area (Å²) in [6, 6.07) is 10.8. The van der Waals surface area contributed by atoms with E-state index in [-0.39, 0.29) is 5.97 Å². The molecule has 2 aromatic rings. The van der Waals surface area contributed by atoms with E-state index in [0.717, 1.165) is 11.1 Å². The molecule has 0 bridgehead atoms. The summed E-state index contributed by atoms with van der Waals surface area (Å²) < 4.78 is 4.63. The van der Waals surface area contributed by atoms with E-state index in [2.05, 4.69) is 15.8 Å². The third-order valence-electron chi connectivity index (χ3n) is 2.56. The number of nitriles is 1. The first-order valence-corrected chi connectivity index (χ1v) is 5.29. The summed E-state index contributed by atoms with van der Waals surface area (Å²) in [6.45, 7) is 0. The number of ether oxygens (including phenoxy) is 1. The number of rotatable bonds is 2. The molecular formula is C14H10N2O2. The Hall–Kier alpha value is -2.67. The topological polar surface area (TPSA) is 63.0 Å². The second kappa shape index (κ2) is 5.11. The first-order chi connectivity index (χ1) is 8.76. The first kappa shape index (κ1) is 11.8. The maximum atomic E-state index is 11.3. The van der Waals surface area contributed by atoms with Crippen molar-refractivity contribution in [2.24, 2.45) is 0 Å². The molecule has 0 atom stereocenters. The predicted octanol–water partition coefficient (Wildman–Crippen LogP) is 2.41. The highest BCUT2D eigenvalue weighted by Crippen LogP contribution is 2.22. The van der Waals surface area contributed by atoms with Crippen molar-refractivity contribution < 1.29 is 9.53 Å². The Morgan fingerprint density at radius 3 is 2.61 bits per heavy atom. The number of hydrogen-bond donors (Lipinski definition) is 0. The van der Waals surface area contributed by atoms with E-state index in [9.17, 15) is 4.79 Å². The van der Waals surface area contributed by atoms with Crippen molar-refractivity contribution in [2.75, 3.05) is 7.11 Å². The van der Waals surface area contributed by atoms with Crippen LogP contribution in [0.3, 0.4) is 0 Å². The molecule has 0 saturated heterocycles. The number of esters is 1. The van der Waals surface area contributed by atoms with Gasteiger partial charge < -0.3 is 4.74 Å². The van der Waals surface area contributed by atoms with Crippen LogP contribution in [0, 0.1) is 11.3 Å². The van der Waals surface area contributed by atoms with Crippen molar-refractivity contribution in [3.63, 3.8) is 0 Å². The molecular weight excluding hydrogens is 228 g/mol. The second-order valence-electron chi connectivity index (χ2n) is 3.60. The van der Waals surface area contributed by atoms with Crippen LogP contribution in [0.4, 0.5) is 0 Å². The molecule has 0 aliphatic carbocycles. The van der Waals surface area contributed by atoms with Gasteiger partial charge in [-0.15, -0.1) is 0 Å². The van der Waals surface area contributed by atoms with Gasteiger partial charge in [-0.2, -0.15) is 5.26 Å². The third-order valence-corrected chi connectivity index (χ3v) is 2.56. The maximum Gasteiger partial charge on any atom is 0.337 e. The highest BCUT2D eigenvalue weighted by molar-refractivity contribution is 5.90. The summed E-state index contributed by atoms with van der Waals surface area (Å²) in [7, 11) is 1.34. The quantitative estimate of drug-likeness (QED) is 0.753. The second-order valence-corrected chi connectivity index (χ2v) is 3.60. The average Bonchev–Trinajstić information content (AvgIpc) is 2.46. The first-order valence-electron chi connectivity index (χ1n) is 5.29. The van der Waals surface area contributed by atoms with E-state index >= 15 is 0 Å². The van der Waals surface area contributed by atoms with Gasteiger partial charge in [-0.25, -0.2) is 4.79 Å². The summed E-state index contributed by atoms with van der Waals surface area (Å²) in [5.41, 5.74) is 2.64. The van der Waals surface area contributed by atoms with Gasteiger partial charge in [-0.3, -0.25) is 4.98 Å². The van der Waals surface area contributed by atoms with E-state index in [1.165, 1.54) is 13.3 Å². The van der Waals surface area contributed by atoms with Gasteiger partial charge >= 0.3 is 5.97 Å². The molecule has 0 N–H and O–H groups in total. The molecule has 0 saturated carbocycles. The number of hydrogen-bond acceptors (Lipinski definition) is 4. The lowest BCUT2D eigenvalue weighted by Gasteiger charge is -2.04. The molecule has 1 aromatic heterocycles. The zero-order chi connectivity index (χ0) is 13.0. The van der Waals surface area contributed by atoms with Crippen molar-refractivity contribution in [1.29, 1.82) is 5.26 Å². The highest BCUT2D eigenvalue weighted by Gasteiger charge is 2.07. The smallest absolute Gasteiger partial charge is 0.337 e. The predicted molar refractivity (Wildman–Crippen MR) is 65.7 cm³/mol. The van der Waals surface area contributed by atoms with Gasteiger partial charge in [0.1, 0.15) is 6.07 Å². The van der Waals surface area contributed by atoms with Crippen LogP contribution in [0.2, 0.25) is 0 Å². The fourth-order valence-electron chi connectivity index (χ4n) is 1.64. The van der Waals surface area contributed by atoms with Gasteiger partial charge in [-0.1, -0.05) is 12.1 Å². The van der Waals surface area contributed by atoms with Gasteiger partial charge in [0.15, 0.2) is 0 Å². The number of carbonyl (C=O) groups excluding carboxylic acids is 1. The lowest BCUT2D eigenvalue weighted by Crippen LogP contribution is -2.00. The van der Waals surface area contributed by atoms with Crippen LogP contribution < -0.4 is 0 Å². The Labute approximate surface area is 104 Å². The van der Waals surface area contributed by atoms with Crippen molar-refractivity contribution >= 4 is 5.97 Å². The molecule has 0 radical (unpaired) electrons. The molecule has 1 aromatic carbocycles. The number of carbonyl (C=O) groups is 1. The van der Waals surface area contributed by atoms with Crippen LogP contribution in [-0.2, 0) is 4.74 Å². The molecule has 0 aliphatic heterocycles. The molecule has 88 valence electrons. The molecule has 2 rings (SSSR count). The van der Waals surface area contributed by atoms with E-state index in [0.29, 0.717) is 11.1 Å². The van der Waals surface area contributed by atoms with Gasteiger partial charge in [0.05, 0.1) is 18.2 Å². The summed E-state index contributed by atoms with van der Waals surface area (Å²) in [5, 5.41) is 9.00. The largest absolute Gasteiger partial charge is 0.465 e. The summed E-state index contributed by atoms with van der Waals surface area (Å²) in [4.78, 5) is 15.2. The Kier molecular flexibility index (Phi) is 3.35. The number of aromatic nitrogens is 1. The summed E-state index contributed by atoms with van der Waals surface area (Å²) in [5.74, 6) is -0.378. The third kappa shape index (κ3) is 2.20. The van der Waals surface area contributed by atoms with E-state index in [4.69, 9.17) is 5.26 Å². The van der Waals surface area contributed by atoms with Gasteiger partial charge in [0, 0.05) is 18.0 Å². The van der Waals surface area contributed by atoms with Crippen molar-refractivity contribution in [3.8, 4) is 17.2 Å². The lowest BCUT2D eigenvalue weighted by atomic mass is 10.0. The SMILES string of the molecule is COC(=O)c1ccc(-c2ccncc2C#N)cc1. The fourth-order valence-corrected chi connectivity index (χ4v) is 1.64. The zero-order valence-corrected chi connectivity index (χ0v) is 9.75. The van der Waals surface area contributed by atoms with Crippen molar-refractivity contribution in [3.05, 3.63) is 53.9 Å². The molecule has 0 amide bonds. The van der Waals surface area contributed by atoms with Gasteiger partial charge in [0.2, 0.25) is 0 Å². The highest BCUT2D eigenvalue weighted by atomic mass is 16.5. The minimum atomic E-state index is -0.378. The molecule has 18 heavy (non-hydrogen) atoms. The molecule has 1 heterocycles. The lowest BCUT2D eigenvalue weighted by molar-refractivity contribution is 0.0601.